The molecule has 0 N–H and O–H groups in total. The summed E-state index contributed by atoms with van der Waals surface area (Å²) in [6.45, 7) is 0. The van der Waals surface area contributed by atoms with Gasteiger partial charge in [-0.05, 0) is 17.7 Å². The highest BCUT2D eigenvalue weighted by atomic mass is 35.5. The molecule has 2 heterocycles. The Morgan fingerprint density at radius 1 is 1.31 bits per heavy atom. The molecule has 0 unspecified atom stereocenters. The van der Waals surface area contributed by atoms with Crippen LogP contribution >= 0.6 is 23.2 Å². The number of furan rings is 1. The lowest BCUT2D eigenvalue weighted by Crippen LogP contribution is -1.87. The summed E-state index contributed by atoms with van der Waals surface area (Å²) in [5, 5.41) is 10.5. The van der Waals surface area contributed by atoms with Gasteiger partial charge in [-0.2, -0.15) is 0 Å². The van der Waals surface area contributed by atoms with E-state index in [1.54, 1.807) is 0 Å². The molecule has 0 fully saturated rings. The summed E-state index contributed by atoms with van der Waals surface area (Å²) in [6.07, 6.45) is 0. The fourth-order valence-electron chi connectivity index (χ4n) is 1.08. The molecule has 0 aliphatic rings. The van der Waals surface area contributed by atoms with Crippen molar-refractivity contribution in [2.75, 3.05) is 0 Å². The van der Waals surface area contributed by atoms with Gasteiger partial charge in [0.05, 0.1) is 6.07 Å². The number of hydrogen-bond donors (Lipinski definition) is 0. The third kappa shape index (κ3) is 2.12. The highest BCUT2D eigenvalue weighted by Crippen LogP contribution is 2.26. The Morgan fingerprint density at radius 2 is 2.06 bits per heavy atom. The molecule has 0 saturated heterocycles. The van der Waals surface area contributed by atoms with Crippen molar-refractivity contribution in [2.45, 2.75) is 0 Å². The molecule has 0 saturated carbocycles. The van der Waals surface area contributed by atoms with Gasteiger partial charge in [-0.25, -0.2) is 9.97 Å². The van der Waals surface area contributed by atoms with E-state index in [4.69, 9.17) is 27.6 Å². The van der Waals surface area contributed by atoms with Gasteiger partial charge >= 0.3 is 5.88 Å². The maximum absolute atomic E-state index is 10.4. The van der Waals surface area contributed by atoms with Gasteiger partial charge in [-0.3, -0.25) is 10.1 Å². The van der Waals surface area contributed by atoms with E-state index in [1.807, 2.05) is 0 Å². The summed E-state index contributed by atoms with van der Waals surface area (Å²) in [5.41, 5.74) is 0.290. The fraction of sp³-hybridized carbons (Fsp3) is 0. The molecule has 0 radical (unpaired) electrons. The van der Waals surface area contributed by atoms with E-state index in [9.17, 15) is 10.1 Å². The quantitative estimate of drug-likeness (QED) is 0.358. The van der Waals surface area contributed by atoms with Gasteiger partial charge in [0.2, 0.25) is 5.28 Å². The van der Waals surface area contributed by atoms with Crippen molar-refractivity contribution >= 4 is 29.1 Å². The van der Waals surface area contributed by atoms with Crippen LogP contribution in [-0.2, 0) is 0 Å². The summed E-state index contributed by atoms with van der Waals surface area (Å²) >= 11 is 11.2. The molecule has 0 amide bonds. The first-order chi connectivity index (χ1) is 7.56. The Morgan fingerprint density at radius 3 is 2.62 bits per heavy atom. The van der Waals surface area contributed by atoms with Gasteiger partial charge < -0.3 is 4.42 Å². The first-order valence-electron chi connectivity index (χ1n) is 4.01. The topological polar surface area (TPSA) is 82.1 Å². The smallest absolute Gasteiger partial charge is 0.399 e. The van der Waals surface area contributed by atoms with Gasteiger partial charge in [0.25, 0.3) is 0 Å². The summed E-state index contributed by atoms with van der Waals surface area (Å²) in [5.74, 6) is -0.168. The van der Waals surface area contributed by atoms with Crippen LogP contribution in [0.2, 0.25) is 10.4 Å². The average molecular weight is 260 g/mol. The predicted octanol–water partition coefficient (Wildman–Crippen LogP) is 2.95. The minimum Gasteiger partial charge on any atom is -0.399 e. The lowest BCUT2D eigenvalue weighted by atomic mass is 10.3. The maximum Gasteiger partial charge on any atom is 0.433 e. The molecule has 82 valence electrons. The average Bonchev–Trinajstić information content (AvgIpc) is 2.64. The lowest BCUT2D eigenvalue weighted by Gasteiger charge is -1.96. The largest absolute Gasteiger partial charge is 0.433 e. The van der Waals surface area contributed by atoms with Crippen LogP contribution in [0.4, 0.5) is 5.88 Å². The highest BCUT2D eigenvalue weighted by molar-refractivity contribution is 6.32. The first-order valence-corrected chi connectivity index (χ1v) is 4.76. The van der Waals surface area contributed by atoms with Gasteiger partial charge in [-0.1, -0.05) is 11.6 Å². The molecule has 0 bridgehead atoms. The molecule has 2 aromatic heterocycles. The van der Waals surface area contributed by atoms with Gasteiger partial charge in [0.1, 0.15) is 15.8 Å². The number of aromatic nitrogens is 2. The van der Waals surface area contributed by atoms with Crippen molar-refractivity contribution in [3.8, 4) is 11.5 Å². The Hall–Kier alpha value is -1.66. The van der Waals surface area contributed by atoms with Gasteiger partial charge in [0, 0.05) is 6.07 Å². The SMILES string of the molecule is O=[N+]([O-])c1ccc(-c2cc(Cl)nc(Cl)n2)o1. The monoisotopic (exact) mass is 259 g/mol. The van der Waals surface area contributed by atoms with E-state index in [1.165, 1.54) is 18.2 Å². The van der Waals surface area contributed by atoms with Crippen LogP contribution in [0.1, 0.15) is 0 Å². The van der Waals surface area contributed by atoms with E-state index in [2.05, 4.69) is 9.97 Å². The van der Waals surface area contributed by atoms with Crippen molar-refractivity contribution in [3.63, 3.8) is 0 Å². The summed E-state index contributed by atoms with van der Waals surface area (Å²) in [6, 6.07) is 4.03. The minimum absolute atomic E-state index is 0.0541. The third-order valence-corrected chi connectivity index (χ3v) is 2.05. The van der Waals surface area contributed by atoms with E-state index in [0.717, 1.165) is 0 Å². The zero-order valence-corrected chi connectivity index (χ0v) is 9.07. The Bertz CT molecular complexity index is 535. The van der Waals surface area contributed by atoms with E-state index in [-0.39, 0.29) is 27.8 Å². The summed E-state index contributed by atoms with van der Waals surface area (Å²) < 4.78 is 4.93. The second kappa shape index (κ2) is 4.07. The van der Waals surface area contributed by atoms with Crippen molar-refractivity contribution in [3.05, 3.63) is 38.8 Å². The number of nitrogens with zero attached hydrogens (tertiary/aromatic N) is 3. The van der Waals surface area contributed by atoms with Crippen LogP contribution < -0.4 is 0 Å². The zero-order chi connectivity index (χ0) is 11.7. The molecular formula is C8H3Cl2N3O3. The van der Waals surface area contributed by atoms with Crippen LogP contribution in [0, 0.1) is 10.1 Å². The zero-order valence-electron chi connectivity index (χ0n) is 7.55. The van der Waals surface area contributed by atoms with Crippen LogP contribution in [0.5, 0.6) is 0 Å². The minimum atomic E-state index is -0.645. The molecule has 0 aliphatic heterocycles. The molecule has 2 aromatic rings. The summed E-state index contributed by atoms with van der Waals surface area (Å²) in [4.78, 5) is 17.2. The molecule has 0 aliphatic carbocycles. The normalized spacial score (nSPS) is 10.4. The molecule has 0 spiro atoms. The molecule has 8 heteroatoms. The number of rotatable bonds is 2. The standard InChI is InChI=1S/C8H3Cl2N3O3/c9-6-3-4(11-8(10)12-6)5-1-2-7(16-5)13(14)15/h1-3H. The predicted molar refractivity (Wildman–Crippen MR) is 56.4 cm³/mol. The van der Waals surface area contributed by atoms with Crippen LogP contribution in [-0.4, -0.2) is 14.9 Å². The molecular weight excluding hydrogens is 257 g/mol. The Labute approximate surface area is 99.0 Å². The molecule has 16 heavy (non-hydrogen) atoms. The first kappa shape index (κ1) is 10.8. The molecule has 6 nitrogen and oxygen atoms in total. The van der Waals surface area contributed by atoms with Crippen molar-refractivity contribution < 1.29 is 9.34 Å². The van der Waals surface area contributed by atoms with Crippen molar-refractivity contribution in [1.29, 1.82) is 0 Å². The van der Waals surface area contributed by atoms with Crippen LogP contribution in [0.25, 0.3) is 11.5 Å². The van der Waals surface area contributed by atoms with Gasteiger partial charge in [0.15, 0.2) is 5.76 Å². The Kier molecular flexibility index (Phi) is 2.76. The third-order valence-electron chi connectivity index (χ3n) is 1.69. The number of halogens is 2. The number of nitro groups is 1. The van der Waals surface area contributed by atoms with E-state index in [0.29, 0.717) is 0 Å². The second-order valence-electron chi connectivity index (χ2n) is 2.74. The lowest BCUT2D eigenvalue weighted by molar-refractivity contribution is -0.401. The van der Waals surface area contributed by atoms with Crippen LogP contribution in [0.3, 0.4) is 0 Å². The van der Waals surface area contributed by atoms with Gasteiger partial charge in [-0.15, -0.1) is 0 Å². The molecule has 2 rings (SSSR count). The van der Waals surface area contributed by atoms with E-state index >= 15 is 0 Å². The highest BCUT2D eigenvalue weighted by Gasteiger charge is 2.14. The fourth-order valence-corrected chi connectivity index (χ4v) is 1.49. The van der Waals surface area contributed by atoms with Crippen molar-refractivity contribution in [1.82, 2.24) is 9.97 Å². The summed E-state index contributed by atoms with van der Waals surface area (Å²) in [7, 11) is 0. The maximum atomic E-state index is 10.4. The molecule has 0 aromatic carbocycles. The Balaban J connectivity index is 2.46. The van der Waals surface area contributed by atoms with Crippen molar-refractivity contribution in [2.24, 2.45) is 0 Å². The second-order valence-corrected chi connectivity index (χ2v) is 3.47. The van der Waals surface area contributed by atoms with E-state index < -0.39 is 4.92 Å². The number of hydrogen-bond acceptors (Lipinski definition) is 5. The molecule has 0 atom stereocenters. The van der Waals surface area contributed by atoms with Crippen LogP contribution in [0.15, 0.2) is 22.6 Å².